The number of hydrogen-bond acceptors (Lipinski definition) is 3. The van der Waals surface area contributed by atoms with Crippen LogP contribution in [0.25, 0.3) is 0 Å². The van der Waals surface area contributed by atoms with Gasteiger partial charge in [0.2, 0.25) is 0 Å². The van der Waals surface area contributed by atoms with Gasteiger partial charge >= 0.3 is 6.18 Å². The van der Waals surface area contributed by atoms with E-state index in [1.165, 1.54) is 13.2 Å². The maximum absolute atomic E-state index is 12.9. The maximum atomic E-state index is 12.9. The van der Waals surface area contributed by atoms with E-state index in [9.17, 15) is 13.2 Å². The van der Waals surface area contributed by atoms with Gasteiger partial charge in [-0.05, 0) is 31.7 Å². The Labute approximate surface area is 116 Å². The van der Waals surface area contributed by atoms with Crippen LogP contribution >= 0.6 is 0 Å². The zero-order chi connectivity index (χ0) is 14.9. The van der Waals surface area contributed by atoms with Gasteiger partial charge < -0.3 is 14.5 Å². The van der Waals surface area contributed by atoms with Crippen molar-refractivity contribution in [3.63, 3.8) is 0 Å². The van der Waals surface area contributed by atoms with E-state index >= 15 is 0 Å². The monoisotopic (exact) mass is 288 g/mol. The quantitative estimate of drug-likeness (QED) is 0.832. The summed E-state index contributed by atoms with van der Waals surface area (Å²) in [5.41, 5.74) is 0.425. The molecule has 0 bridgehead atoms. The SMILES string of the molecule is COc1c(C)cc(C(F)(F)F)cc1N1CCN(C)CC1. The third-order valence-electron chi connectivity index (χ3n) is 3.63. The summed E-state index contributed by atoms with van der Waals surface area (Å²) in [6.07, 6.45) is -4.33. The fourth-order valence-electron chi connectivity index (χ4n) is 2.47. The minimum atomic E-state index is -4.33. The van der Waals surface area contributed by atoms with Gasteiger partial charge in [-0.25, -0.2) is 0 Å². The summed E-state index contributed by atoms with van der Waals surface area (Å²) in [6.45, 7) is 4.71. The van der Waals surface area contributed by atoms with Crippen molar-refractivity contribution < 1.29 is 17.9 Å². The molecule has 20 heavy (non-hydrogen) atoms. The van der Waals surface area contributed by atoms with Crippen LogP contribution in [0.3, 0.4) is 0 Å². The molecular weight excluding hydrogens is 269 g/mol. The van der Waals surface area contributed by atoms with E-state index in [1.807, 2.05) is 11.9 Å². The van der Waals surface area contributed by atoms with E-state index in [0.717, 1.165) is 19.2 Å². The molecule has 1 saturated heterocycles. The average Bonchev–Trinajstić information content (AvgIpc) is 2.37. The molecule has 0 aliphatic carbocycles. The van der Waals surface area contributed by atoms with Gasteiger partial charge in [0.15, 0.2) is 0 Å². The van der Waals surface area contributed by atoms with Crippen LogP contribution in [0.1, 0.15) is 11.1 Å². The van der Waals surface area contributed by atoms with Gasteiger partial charge in [0.1, 0.15) is 5.75 Å². The lowest BCUT2D eigenvalue weighted by Crippen LogP contribution is -2.44. The van der Waals surface area contributed by atoms with E-state index in [4.69, 9.17) is 4.74 Å². The summed E-state index contributed by atoms with van der Waals surface area (Å²) < 4.78 is 44.1. The molecule has 1 aliphatic rings. The first kappa shape index (κ1) is 15.0. The zero-order valence-electron chi connectivity index (χ0n) is 11.9. The van der Waals surface area contributed by atoms with E-state index in [1.54, 1.807) is 6.92 Å². The summed E-state index contributed by atoms with van der Waals surface area (Å²) in [6, 6.07) is 2.33. The first-order chi connectivity index (χ1) is 9.32. The van der Waals surface area contributed by atoms with E-state index in [-0.39, 0.29) is 0 Å². The summed E-state index contributed by atoms with van der Waals surface area (Å²) in [5.74, 6) is 0.530. The Hall–Kier alpha value is -1.43. The Morgan fingerprint density at radius 3 is 2.20 bits per heavy atom. The van der Waals surface area contributed by atoms with Crippen molar-refractivity contribution in [1.82, 2.24) is 4.90 Å². The summed E-state index contributed by atoms with van der Waals surface area (Å²) >= 11 is 0. The molecule has 0 unspecified atom stereocenters. The highest BCUT2D eigenvalue weighted by atomic mass is 19.4. The second-order valence-corrected chi connectivity index (χ2v) is 5.13. The molecule has 0 amide bonds. The third kappa shape index (κ3) is 3.00. The lowest BCUT2D eigenvalue weighted by Gasteiger charge is -2.35. The summed E-state index contributed by atoms with van der Waals surface area (Å²) in [4.78, 5) is 4.12. The number of aryl methyl sites for hydroxylation is 1. The molecule has 0 radical (unpaired) electrons. The fraction of sp³-hybridized carbons (Fsp3) is 0.571. The molecule has 112 valence electrons. The Morgan fingerprint density at radius 1 is 1.10 bits per heavy atom. The first-order valence-corrected chi connectivity index (χ1v) is 6.52. The third-order valence-corrected chi connectivity index (χ3v) is 3.63. The molecule has 1 heterocycles. The van der Waals surface area contributed by atoms with E-state index in [2.05, 4.69) is 4.90 Å². The Morgan fingerprint density at radius 2 is 1.70 bits per heavy atom. The minimum Gasteiger partial charge on any atom is -0.494 e. The normalized spacial score (nSPS) is 17.4. The zero-order valence-corrected chi connectivity index (χ0v) is 11.9. The van der Waals surface area contributed by atoms with Crippen LogP contribution in [0.5, 0.6) is 5.75 Å². The van der Waals surface area contributed by atoms with Crippen molar-refractivity contribution in [2.24, 2.45) is 0 Å². The Bertz CT molecular complexity index is 480. The fourth-order valence-corrected chi connectivity index (χ4v) is 2.47. The number of alkyl halides is 3. The maximum Gasteiger partial charge on any atom is 0.416 e. The number of hydrogen-bond donors (Lipinski definition) is 0. The number of benzene rings is 1. The molecule has 0 saturated carbocycles. The molecule has 1 aliphatic heterocycles. The van der Waals surface area contributed by atoms with Crippen LogP contribution in [0, 0.1) is 6.92 Å². The summed E-state index contributed by atoms with van der Waals surface area (Å²) in [5, 5.41) is 0. The van der Waals surface area contributed by atoms with E-state index in [0.29, 0.717) is 30.1 Å². The predicted molar refractivity (Wildman–Crippen MR) is 72.4 cm³/mol. The second kappa shape index (κ2) is 5.52. The van der Waals surface area contributed by atoms with Crippen molar-refractivity contribution >= 4 is 5.69 Å². The molecule has 1 aromatic rings. The van der Waals surface area contributed by atoms with Crippen LogP contribution in [0.15, 0.2) is 12.1 Å². The van der Waals surface area contributed by atoms with E-state index < -0.39 is 11.7 Å². The van der Waals surface area contributed by atoms with Gasteiger partial charge in [-0.2, -0.15) is 13.2 Å². The largest absolute Gasteiger partial charge is 0.494 e. The number of rotatable bonds is 2. The molecule has 1 fully saturated rings. The number of anilines is 1. The highest BCUT2D eigenvalue weighted by molar-refractivity contribution is 5.64. The standard InChI is InChI=1S/C14H19F3N2O/c1-10-8-11(14(15,16)17)9-12(13(10)20-3)19-6-4-18(2)5-7-19/h8-9H,4-7H2,1-3H3. The van der Waals surface area contributed by atoms with Crippen molar-refractivity contribution in [3.05, 3.63) is 23.3 Å². The molecule has 3 nitrogen and oxygen atoms in total. The van der Waals surface area contributed by atoms with Gasteiger partial charge in [0.05, 0.1) is 18.4 Å². The number of likely N-dealkylation sites (N-methyl/N-ethyl adjacent to an activating group) is 1. The van der Waals surface area contributed by atoms with Crippen molar-refractivity contribution in [1.29, 1.82) is 0 Å². The van der Waals surface area contributed by atoms with Crippen molar-refractivity contribution in [2.75, 3.05) is 45.2 Å². The first-order valence-electron chi connectivity index (χ1n) is 6.52. The molecule has 0 atom stereocenters. The van der Waals surface area contributed by atoms with Gasteiger partial charge in [-0.15, -0.1) is 0 Å². The molecule has 1 aromatic carbocycles. The molecule has 0 spiro atoms. The highest BCUT2D eigenvalue weighted by Gasteiger charge is 2.33. The van der Waals surface area contributed by atoms with Gasteiger partial charge in [0.25, 0.3) is 0 Å². The van der Waals surface area contributed by atoms with Crippen LogP contribution in [0.2, 0.25) is 0 Å². The minimum absolute atomic E-state index is 0.510. The topological polar surface area (TPSA) is 15.7 Å². The number of ether oxygens (including phenoxy) is 1. The Balaban J connectivity index is 2.41. The van der Waals surface area contributed by atoms with Gasteiger partial charge in [-0.1, -0.05) is 0 Å². The molecule has 2 rings (SSSR count). The number of piperazine rings is 1. The van der Waals surface area contributed by atoms with Gasteiger partial charge in [-0.3, -0.25) is 0 Å². The average molecular weight is 288 g/mol. The second-order valence-electron chi connectivity index (χ2n) is 5.13. The predicted octanol–water partition coefficient (Wildman–Crippen LogP) is 2.77. The van der Waals surface area contributed by atoms with Gasteiger partial charge in [0, 0.05) is 26.2 Å². The lowest BCUT2D eigenvalue weighted by atomic mass is 10.1. The lowest BCUT2D eigenvalue weighted by molar-refractivity contribution is -0.137. The molecule has 0 aromatic heterocycles. The van der Waals surface area contributed by atoms with Crippen molar-refractivity contribution in [3.8, 4) is 5.75 Å². The highest BCUT2D eigenvalue weighted by Crippen LogP contribution is 2.39. The van der Waals surface area contributed by atoms with Crippen LogP contribution in [-0.4, -0.2) is 45.2 Å². The van der Waals surface area contributed by atoms with Crippen molar-refractivity contribution in [2.45, 2.75) is 13.1 Å². The number of methoxy groups -OCH3 is 1. The number of halogens is 3. The number of nitrogens with zero attached hydrogens (tertiary/aromatic N) is 2. The molecular formula is C14H19F3N2O. The Kier molecular flexibility index (Phi) is 4.13. The molecule has 0 N–H and O–H groups in total. The van der Waals surface area contributed by atoms with Crippen LogP contribution in [0.4, 0.5) is 18.9 Å². The molecule has 6 heteroatoms. The van der Waals surface area contributed by atoms with Crippen LogP contribution in [-0.2, 0) is 6.18 Å². The van der Waals surface area contributed by atoms with Crippen LogP contribution < -0.4 is 9.64 Å². The smallest absolute Gasteiger partial charge is 0.416 e. The summed E-state index contributed by atoms with van der Waals surface area (Å²) in [7, 11) is 3.50.